The minimum absolute atomic E-state index is 0.144. The second-order valence-electron chi connectivity index (χ2n) is 10.4. The molecule has 0 aliphatic heterocycles. The first-order valence-electron chi connectivity index (χ1n) is 11.0. The molecule has 0 saturated heterocycles. The molecular formula is C24H31FO6. The largest absolute Gasteiger partial charge is 0.458 e. The summed E-state index contributed by atoms with van der Waals surface area (Å²) in [4.78, 5) is 36.2. The number of rotatable bonds is 3. The lowest BCUT2D eigenvalue weighted by Gasteiger charge is -2.60. The second-order valence-corrected chi connectivity index (χ2v) is 10.4. The predicted octanol–water partition coefficient (Wildman–Crippen LogP) is 2.32. The predicted molar refractivity (Wildman–Crippen MR) is 109 cm³/mol. The van der Waals surface area contributed by atoms with E-state index < -0.39 is 53.0 Å². The molecular weight excluding hydrogens is 403 g/mol. The van der Waals surface area contributed by atoms with Crippen LogP contribution in [0.2, 0.25) is 0 Å². The van der Waals surface area contributed by atoms with Crippen molar-refractivity contribution in [1.29, 1.82) is 0 Å². The zero-order chi connectivity index (χ0) is 22.9. The van der Waals surface area contributed by atoms with Gasteiger partial charge < -0.3 is 14.9 Å². The number of carbonyl (C=O) groups excluding carboxylic acids is 3. The average molecular weight is 435 g/mol. The van der Waals surface area contributed by atoms with Crippen molar-refractivity contribution in [3.8, 4) is 0 Å². The van der Waals surface area contributed by atoms with E-state index in [0.717, 1.165) is 0 Å². The molecule has 3 fully saturated rings. The number of allylic oxidation sites excluding steroid dienone is 4. The molecule has 6 nitrogen and oxygen atoms in total. The fraction of sp³-hybridized carbons (Fsp3) is 0.708. The number of fused-ring (bicyclic) bond motifs is 5. The SMILES string of the molecule is CC(=O)OCC(=O)[C@@]1(O)C(C)C[C@H]2[C@@H]3CC(F)C4=CC(=O)C=C[C@]4(C)[C@H]3C(O)C[C@@]21C. The van der Waals surface area contributed by atoms with Crippen molar-refractivity contribution in [2.45, 2.75) is 64.8 Å². The summed E-state index contributed by atoms with van der Waals surface area (Å²) in [5.41, 5.74) is -3.13. The first-order valence-corrected chi connectivity index (χ1v) is 11.0. The Kier molecular flexibility index (Phi) is 5.10. The molecule has 3 unspecified atom stereocenters. The van der Waals surface area contributed by atoms with E-state index in [2.05, 4.69) is 0 Å². The molecule has 0 spiro atoms. The summed E-state index contributed by atoms with van der Waals surface area (Å²) in [7, 11) is 0. The highest BCUT2D eigenvalue weighted by Gasteiger charge is 2.71. The topological polar surface area (TPSA) is 101 Å². The minimum Gasteiger partial charge on any atom is -0.458 e. The summed E-state index contributed by atoms with van der Waals surface area (Å²) < 4.78 is 20.2. The van der Waals surface area contributed by atoms with Gasteiger partial charge in [0.1, 0.15) is 11.8 Å². The van der Waals surface area contributed by atoms with Gasteiger partial charge in [-0.15, -0.1) is 0 Å². The molecule has 0 bridgehead atoms. The number of Topliss-reactive ketones (excluding diaryl/α,β-unsaturated/α-hetero) is 1. The molecule has 2 N–H and O–H groups in total. The van der Waals surface area contributed by atoms with Gasteiger partial charge in [0, 0.05) is 23.7 Å². The van der Waals surface area contributed by atoms with Crippen LogP contribution in [0.3, 0.4) is 0 Å². The fourth-order valence-corrected chi connectivity index (χ4v) is 7.54. The van der Waals surface area contributed by atoms with Crippen molar-refractivity contribution in [2.75, 3.05) is 6.61 Å². The highest BCUT2D eigenvalue weighted by atomic mass is 19.1. The van der Waals surface area contributed by atoms with E-state index in [9.17, 15) is 24.6 Å². The van der Waals surface area contributed by atoms with Gasteiger partial charge in [0.25, 0.3) is 0 Å². The van der Waals surface area contributed by atoms with Gasteiger partial charge in [-0.1, -0.05) is 26.8 Å². The van der Waals surface area contributed by atoms with Gasteiger partial charge in [-0.25, -0.2) is 4.39 Å². The number of hydrogen-bond acceptors (Lipinski definition) is 6. The fourth-order valence-electron chi connectivity index (χ4n) is 7.54. The van der Waals surface area contributed by atoms with Crippen molar-refractivity contribution in [3.05, 3.63) is 23.8 Å². The number of ether oxygens (including phenoxy) is 1. The van der Waals surface area contributed by atoms with E-state index in [-0.39, 0.29) is 36.4 Å². The van der Waals surface area contributed by atoms with Gasteiger partial charge in [-0.3, -0.25) is 14.4 Å². The number of alkyl halides is 1. The van der Waals surface area contributed by atoms with Crippen molar-refractivity contribution in [1.82, 2.24) is 0 Å². The molecule has 0 aromatic heterocycles. The molecule has 4 aliphatic carbocycles. The van der Waals surface area contributed by atoms with E-state index in [1.807, 2.05) is 6.92 Å². The molecule has 170 valence electrons. The molecule has 31 heavy (non-hydrogen) atoms. The van der Waals surface area contributed by atoms with Crippen LogP contribution < -0.4 is 0 Å². The van der Waals surface area contributed by atoms with Crippen LogP contribution in [0.25, 0.3) is 0 Å². The lowest BCUT2D eigenvalue weighted by atomic mass is 9.46. The Balaban J connectivity index is 1.74. The number of aliphatic hydroxyl groups excluding tert-OH is 1. The molecule has 9 atom stereocenters. The first-order chi connectivity index (χ1) is 14.4. The monoisotopic (exact) mass is 434 g/mol. The maximum Gasteiger partial charge on any atom is 0.303 e. The van der Waals surface area contributed by atoms with Crippen molar-refractivity contribution in [3.63, 3.8) is 0 Å². The van der Waals surface area contributed by atoms with Gasteiger partial charge >= 0.3 is 5.97 Å². The van der Waals surface area contributed by atoms with Crippen LogP contribution in [-0.2, 0) is 19.1 Å². The first kappa shape index (κ1) is 22.3. The van der Waals surface area contributed by atoms with Gasteiger partial charge in [0.15, 0.2) is 12.4 Å². The molecule has 0 heterocycles. The van der Waals surface area contributed by atoms with Gasteiger partial charge in [-0.05, 0) is 54.7 Å². The third kappa shape index (κ3) is 2.92. The summed E-state index contributed by atoms with van der Waals surface area (Å²) in [6.45, 7) is 6.13. The van der Waals surface area contributed by atoms with Crippen LogP contribution in [0.5, 0.6) is 0 Å². The van der Waals surface area contributed by atoms with Crippen molar-refractivity contribution < 1.29 is 33.7 Å². The number of hydrogen-bond donors (Lipinski definition) is 2. The molecule has 7 heteroatoms. The Morgan fingerprint density at radius 3 is 2.61 bits per heavy atom. The van der Waals surface area contributed by atoms with Crippen molar-refractivity contribution >= 4 is 17.5 Å². The lowest BCUT2D eigenvalue weighted by molar-refractivity contribution is -0.187. The number of halogens is 1. The average Bonchev–Trinajstić information content (AvgIpc) is 2.88. The van der Waals surface area contributed by atoms with E-state index >= 15 is 4.39 Å². The molecule has 0 aromatic carbocycles. The summed E-state index contributed by atoms with van der Waals surface area (Å²) >= 11 is 0. The van der Waals surface area contributed by atoms with Crippen LogP contribution in [0.15, 0.2) is 23.8 Å². The van der Waals surface area contributed by atoms with Crippen LogP contribution in [-0.4, -0.2) is 52.2 Å². The summed E-state index contributed by atoms with van der Waals surface area (Å²) in [6.07, 6.45) is 3.14. The molecule has 0 aromatic rings. The minimum atomic E-state index is -1.78. The van der Waals surface area contributed by atoms with Crippen molar-refractivity contribution in [2.24, 2.45) is 34.5 Å². The number of carbonyl (C=O) groups is 3. The van der Waals surface area contributed by atoms with Crippen LogP contribution in [0.4, 0.5) is 4.39 Å². The van der Waals surface area contributed by atoms with E-state index in [1.165, 1.54) is 19.1 Å². The highest BCUT2D eigenvalue weighted by Crippen LogP contribution is 2.68. The van der Waals surface area contributed by atoms with Crippen LogP contribution >= 0.6 is 0 Å². The number of ketones is 2. The zero-order valence-corrected chi connectivity index (χ0v) is 18.4. The Bertz CT molecular complexity index is 895. The van der Waals surface area contributed by atoms with E-state index in [4.69, 9.17) is 4.74 Å². The Morgan fingerprint density at radius 1 is 1.29 bits per heavy atom. The second kappa shape index (κ2) is 7.07. The van der Waals surface area contributed by atoms with E-state index in [1.54, 1.807) is 19.9 Å². The van der Waals surface area contributed by atoms with Crippen LogP contribution in [0.1, 0.15) is 47.0 Å². The summed E-state index contributed by atoms with van der Waals surface area (Å²) in [6, 6.07) is 0. The molecule has 0 amide bonds. The Hall–Kier alpha value is -1.86. The molecule has 3 saturated carbocycles. The lowest BCUT2D eigenvalue weighted by Crippen LogP contribution is -2.63. The number of esters is 1. The quantitative estimate of drug-likeness (QED) is 0.661. The highest BCUT2D eigenvalue weighted by molar-refractivity contribution is 6.01. The van der Waals surface area contributed by atoms with Crippen LogP contribution in [0, 0.1) is 34.5 Å². The van der Waals surface area contributed by atoms with Gasteiger partial charge in [-0.2, -0.15) is 0 Å². The van der Waals surface area contributed by atoms with E-state index in [0.29, 0.717) is 12.0 Å². The Morgan fingerprint density at radius 2 is 1.97 bits per heavy atom. The maximum absolute atomic E-state index is 15.4. The zero-order valence-electron chi connectivity index (χ0n) is 18.4. The summed E-state index contributed by atoms with van der Waals surface area (Å²) in [5.74, 6) is -2.62. The summed E-state index contributed by atoms with van der Waals surface area (Å²) in [5, 5.41) is 23.0. The molecule has 0 radical (unpaired) electrons. The third-order valence-electron chi connectivity index (χ3n) is 8.89. The van der Waals surface area contributed by atoms with Gasteiger partial charge in [0.2, 0.25) is 5.78 Å². The smallest absolute Gasteiger partial charge is 0.303 e. The van der Waals surface area contributed by atoms with Gasteiger partial charge in [0.05, 0.1) is 6.10 Å². The molecule has 4 aliphatic rings. The Labute approximate surface area is 181 Å². The number of aliphatic hydroxyl groups is 2. The maximum atomic E-state index is 15.4. The third-order valence-corrected chi connectivity index (χ3v) is 8.89. The molecule has 4 rings (SSSR count). The normalized spacial score (nSPS) is 48.4. The standard InChI is InChI=1S/C24H31FO6/c1-12-7-16-15-9-18(25)17-8-14(27)5-6-22(17,3)21(15)19(28)10-23(16,4)24(12,30)20(29)11-31-13(2)26/h5-6,8,12,15-16,18-19,21,28,30H,7,9-11H2,1-4H3/t12?,15-,16-,18?,19?,21+,22-,23-,24-/m0/s1.